The van der Waals surface area contributed by atoms with Crippen LogP contribution in [0.2, 0.25) is 0 Å². The van der Waals surface area contributed by atoms with E-state index in [1.165, 1.54) is 6.42 Å². The van der Waals surface area contributed by atoms with Crippen molar-refractivity contribution in [3.8, 4) is 0 Å². The van der Waals surface area contributed by atoms with Gasteiger partial charge in [0, 0.05) is 12.3 Å². The van der Waals surface area contributed by atoms with Crippen molar-refractivity contribution in [1.82, 2.24) is 0 Å². The van der Waals surface area contributed by atoms with Gasteiger partial charge in [-0.25, -0.2) is 0 Å². The van der Waals surface area contributed by atoms with Crippen LogP contribution in [-0.2, 0) is 4.79 Å². The summed E-state index contributed by atoms with van der Waals surface area (Å²) < 4.78 is 0. The van der Waals surface area contributed by atoms with Gasteiger partial charge < -0.3 is 0 Å². The van der Waals surface area contributed by atoms with E-state index in [0.717, 1.165) is 47.8 Å². The molecule has 5 fully saturated rings. The van der Waals surface area contributed by atoms with Crippen LogP contribution < -0.4 is 0 Å². The van der Waals surface area contributed by atoms with E-state index in [-0.39, 0.29) is 0 Å². The summed E-state index contributed by atoms with van der Waals surface area (Å²) in [7, 11) is 0. The highest BCUT2D eigenvalue weighted by Crippen LogP contribution is 2.85. The second kappa shape index (κ2) is 1.21. The van der Waals surface area contributed by atoms with Gasteiger partial charge in [0.05, 0.1) is 0 Å². The van der Waals surface area contributed by atoms with Gasteiger partial charge in [0.1, 0.15) is 5.78 Å². The van der Waals surface area contributed by atoms with Gasteiger partial charge in [-0.05, 0) is 47.8 Å². The zero-order valence-corrected chi connectivity index (χ0v) is 6.94. The zero-order chi connectivity index (χ0) is 7.61. The van der Waals surface area contributed by atoms with E-state index in [0.29, 0.717) is 11.7 Å². The molecule has 8 atom stereocenters. The van der Waals surface area contributed by atoms with Crippen LogP contribution in [0.25, 0.3) is 0 Å². The van der Waals surface area contributed by atoms with E-state index in [1.807, 2.05) is 0 Å². The Morgan fingerprint density at radius 2 is 1.67 bits per heavy atom. The average Bonchev–Trinajstić information content (AvgIpc) is 2.21. The van der Waals surface area contributed by atoms with Crippen molar-refractivity contribution in [2.75, 3.05) is 0 Å². The van der Waals surface area contributed by atoms with E-state index in [4.69, 9.17) is 0 Å². The monoisotopic (exact) mass is 160 g/mol. The molecule has 0 N–H and O–H groups in total. The molecular formula is C11H12O. The van der Waals surface area contributed by atoms with Crippen molar-refractivity contribution in [1.29, 1.82) is 0 Å². The largest absolute Gasteiger partial charge is 0.299 e. The minimum Gasteiger partial charge on any atom is -0.299 e. The van der Waals surface area contributed by atoms with Crippen molar-refractivity contribution in [3.63, 3.8) is 0 Å². The summed E-state index contributed by atoms with van der Waals surface area (Å²) in [4.78, 5) is 11.7. The van der Waals surface area contributed by atoms with Crippen LogP contribution in [0.3, 0.4) is 0 Å². The van der Waals surface area contributed by atoms with Gasteiger partial charge in [-0.2, -0.15) is 0 Å². The Morgan fingerprint density at radius 3 is 2.58 bits per heavy atom. The Kier molecular flexibility index (Phi) is 0.547. The van der Waals surface area contributed by atoms with Gasteiger partial charge in [0.15, 0.2) is 0 Å². The molecule has 5 saturated carbocycles. The molecule has 8 unspecified atom stereocenters. The Balaban J connectivity index is 1.80. The summed E-state index contributed by atoms with van der Waals surface area (Å²) in [5.41, 5.74) is 0. The summed E-state index contributed by atoms with van der Waals surface area (Å²) >= 11 is 0. The number of hydrogen-bond donors (Lipinski definition) is 0. The first-order valence-electron chi connectivity index (χ1n) is 5.40. The third-order valence-electron chi connectivity index (χ3n) is 6.04. The maximum Gasteiger partial charge on any atom is 0.136 e. The number of carbonyl (C=O) groups excluding carboxylic acids is 1. The van der Waals surface area contributed by atoms with Gasteiger partial charge in [0.2, 0.25) is 0 Å². The summed E-state index contributed by atoms with van der Waals surface area (Å²) in [5.74, 6) is 8.21. The van der Waals surface area contributed by atoms with Gasteiger partial charge in [-0.1, -0.05) is 0 Å². The standard InChI is InChI=1S/C11H12O/c12-6-2-4-3-1-5-7(6)11-9(4)8(3)10(5)11/h3-5,7-11H,1-2H2. The van der Waals surface area contributed by atoms with E-state index < -0.39 is 0 Å². The molecule has 1 heteroatoms. The molecule has 0 aromatic rings. The van der Waals surface area contributed by atoms with Gasteiger partial charge in [-0.3, -0.25) is 4.79 Å². The Bertz CT molecular complexity index is 306. The first-order valence-corrected chi connectivity index (χ1v) is 5.40. The molecule has 0 radical (unpaired) electrons. The topological polar surface area (TPSA) is 17.1 Å². The smallest absolute Gasteiger partial charge is 0.136 e. The maximum absolute atomic E-state index is 11.7. The average molecular weight is 160 g/mol. The predicted octanol–water partition coefficient (Wildman–Crippen LogP) is 1.33. The molecular weight excluding hydrogens is 148 g/mol. The molecule has 0 aliphatic heterocycles. The normalized spacial score (nSPS) is 79.2. The number of Topliss-reactive ketones (excluding diaryl/α,β-unsaturated/α-hetero) is 1. The first-order chi connectivity index (χ1) is 5.88. The lowest BCUT2D eigenvalue weighted by molar-refractivity contribution is -0.263. The number of hydrogen-bond acceptors (Lipinski definition) is 1. The minimum absolute atomic E-state index is 0.583. The molecule has 5 aliphatic rings. The van der Waals surface area contributed by atoms with E-state index >= 15 is 0 Å². The fourth-order valence-corrected chi connectivity index (χ4v) is 5.94. The van der Waals surface area contributed by atoms with E-state index in [9.17, 15) is 4.79 Å². The molecule has 62 valence electrons. The van der Waals surface area contributed by atoms with E-state index in [2.05, 4.69) is 0 Å². The van der Waals surface area contributed by atoms with Crippen LogP contribution in [0, 0.1) is 47.3 Å². The zero-order valence-electron chi connectivity index (χ0n) is 6.94. The Morgan fingerprint density at radius 1 is 0.917 bits per heavy atom. The second-order valence-corrected chi connectivity index (χ2v) is 5.73. The lowest BCUT2D eigenvalue weighted by Gasteiger charge is -2.74. The fourth-order valence-electron chi connectivity index (χ4n) is 5.94. The molecule has 12 heavy (non-hydrogen) atoms. The third-order valence-corrected chi connectivity index (χ3v) is 6.04. The van der Waals surface area contributed by atoms with Crippen molar-refractivity contribution < 1.29 is 4.79 Å². The lowest BCUT2D eigenvalue weighted by atomic mass is 9.29. The van der Waals surface area contributed by atoms with Crippen LogP contribution in [0.1, 0.15) is 12.8 Å². The molecule has 0 heterocycles. The highest BCUT2D eigenvalue weighted by Gasteiger charge is 2.82. The number of carbonyl (C=O) groups is 1. The lowest BCUT2D eigenvalue weighted by Crippen LogP contribution is -2.73. The van der Waals surface area contributed by atoms with Crippen molar-refractivity contribution in [3.05, 3.63) is 0 Å². The molecule has 0 saturated heterocycles. The Hall–Kier alpha value is -0.330. The number of fused-ring (bicyclic) bond motifs is 2. The Labute approximate surface area is 71.5 Å². The van der Waals surface area contributed by atoms with Crippen LogP contribution in [-0.4, -0.2) is 5.78 Å². The molecule has 0 amide bonds. The molecule has 0 spiro atoms. The van der Waals surface area contributed by atoms with Crippen LogP contribution in [0.5, 0.6) is 0 Å². The number of rotatable bonds is 0. The van der Waals surface area contributed by atoms with Crippen LogP contribution >= 0.6 is 0 Å². The van der Waals surface area contributed by atoms with Crippen molar-refractivity contribution >= 4 is 5.78 Å². The van der Waals surface area contributed by atoms with Crippen LogP contribution in [0.15, 0.2) is 0 Å². The van der Waals surface area contributed by atoms with Crippen molar-refractivity contribution in [2.45, 2.75) is 12.8 Å². The molecule has 1 nitrogen and oxygen atoms in total. The van der Waals surface area contributed by atoms with Gasteiger partial charge in [0.25, 0.3) is 0 Å². The van der Waals surface area contributed by atoms with Gasteiger partial charge in [-0.15, -0.1) is 0 Å². The SMILES string of the molecule is O=C1CC2C3CC4C1C1C2C3C41. The van der Waals surface area contributed by atoms with Gasteiger partial charge >= 0.3 is 0 Å². The van der Waals surface area contributed by atoms with Crippen molar-refractivity contribution in [2.24, 2.45) is 47.3 Å². The molecule has 5 aliphatic carbocycles. The maximum atomic E-state index is 11.7. The third kappa shape index (κ3) is 0.272. The number of ketones is 1. The molecule has 0 bridgehead atoms. The molecule has 0 aromatic carbocycles. The molecule has 0 aromatic heterocycles. The second-order valence-electron chi connectivity index (χ2n) is 5.73. The fraction of sp³-hybridized carbons (Fsp3) is 0.909. The summed E-state index contributed by atoms with van der Waals surface area (Å²) in [5, 5.41) is 0. The molecule has 5 rings (SSSR count). The summed E-state index contributed by atoms with van der Waals surface area (Å²) in [6.07, 6.45) is 2.43. The summed E-state index contributed by atoms with van der Waals surface area (Å²) in [6.45, 7) is 0. The first kappa shape index (κ1) is 5.41. The quantitative estimate of drug-likeness (QED) is 0.522. The summed E-state index contributed by atoms with van der Waals surface area (Å²) in [6, 6.07) is 0. The highest BCUT2D eigenvalue weighted by molar-refractivity contribution is 5.86. The van der Waals surface area contributed by atoms with Crippen LogP contribution in [0.4, 0.5) is 0 Å². The van der Waals surface area contributed by atoms with E-state index in [1.54, 1.807) is 0 Å². The predicted molar refractivity (Wildman–Crippen MR) is 42.2 cm³/mol. The minimum atomic E-state index is 0.583. The highest BCUT2D eigenvalue weighted by atomic mass is 16.1.